The molecular weight excluding hydrogens is 240 g/mol. The molecule has 2 aromatic rings. The van der Waals surface area contributed by atoms with Gasteiger partial charge in [-0.05, 0) is 6.07 Å². The van der Waals surface area contributed by atoms with Crippen molar-refractivity contribution in [1.82, 2.24) is 20.0 Å². The lowest BCUT2D eigenvalue weighted by Crippen LogP contribution is -2.03. The third-order valence-corrected chi connectivity index (χ3v) is 2.44. The summed E-state index contributed by atoms with van der Waals surface area (Å²) in [4.78, 5) is 4.30. The molecule has 0 aliphatic carbocycles. The zero-order chi connectivity index (χ0) is 12.1. The second kappa shape index (κ2) is 5.63. The molecule has 0 aliphatic rings. The number of halogens is 1. The van der Waals surface area contributed by atoms with Gasteiger partial charge in [0.25, 0.3) is 0 Å². The van der Waals surface area contributed by atoms with Gasteiger partial charge in [0.1, 0.15) is 0 Å². The largest absolute Gasteiger partial charge is 0.481 e. The minimum Gasteiger partial charge on any atom is -0.481 e. The van der Waals surface area contributed by atoms with E-state index in [1.165, 1.54) is 0 Å². The highest BCUT2D eigenvalue weighted by Gasteiger charge is 2.03. The summed E-state index contributed by atoms with van der Waals surface area (Å²) in [5.41, 5.74) is 1.77. The Bertz CT molecular complexity index is 486. The van der Waals surface area contributed by atoms with Crippen molar-refractivity contribution in [2.45, 2.75) is 13.0 Å². The van der Waals surface area contributed by atoms with Crippen LogP contribution in [0.25, 0.3) is 0 Å². The highest BCUT2D eigenvalue weighted by molar-refractivity contribution is 6.17. The molecule has 17 heavy (non-hydrogen) atoms. The van der Waals surface area contributed by atoms with Crippen molar-refractivity contribution in [2.75, 3.05) is 13.0 Å². The molecule has 0 saturated carbocycles. The standard InChI is InChI=1S/C11H13ClN4O/c1-17-11-4-2-3-9(13-11)7-16-8-10(5-6-12)14-15-16/h2-4,8H,5-7H2,1H3. The van der Waals surface area contributed by atoms with Crippen molar-refractivity contribution < 1.29 is 4.74 Å². The fourth-order valence-electron chi connectivity index (χ4n) is 1.45. The van der Waals surface area contributed by atoms with Crippen LogP contribution in [0.5, 0.6) is 5.88 Å². The van der Waals surface area contributed by atoms with Crippen LogP contribution in [0, 0.1) is 0 Å². The maximum absolute atomic E-state index is 5.64. The SMILES string of the molecule is COc1cccc(Cn2cc(CCCl)nn2)n1. The second-order valence-corrected chi connectivity index (χ2v) is 3.90. The van der Waals surface area contributed by atoms with Crippen LogP contribution in [-0.2, 0) is 13.0 Å². The predicted octanol–water partition coefficient (Wildman–Crippen LogP) is 1.51. The maximum atomic E-state index is 5.64. The van der Waals surface area contributed by atoms with E-state index in [0.717, 1.165) is 17.8 Å². The van der Waals surface area contributed by atoms with Gasteiger partial charge in [-0.25, -0.2) is 9.67 Å². The first kappa shape index (κ1) is 11.9. The third kappa shape index (κ3) is 3.17. The molecule has 0 radical (unpaired) electrons. The van der Waals surface area contributed by atoms with Gasteiger partial charge in [-0.15, -0.1) is 16.7 Å². The van der Waals surface area contributed by atoms with Gasteiger partial charge in [0.15, 0.2) is 0 Å². The Morgan fingerprint density at radius 1 is 1.35 bits per heavy atom. The molecule has 5 nitrogen and oxygen atoms in total. The predicted molar refractivity (Wildman–Crippen MR) is 64.3 cm³/mol. The Morgan fingerprint density at radius 3 is 3.00 bits per heavy atom. The molecule has 2 rings (SSSR count). The van der Waals surface area contributed by atoms with Gasteiger partial charge in [0, 0.05) is 24.6 Å². The van der Waals surface area contributed by atoms with E-state index < -0.39 is 0 Å². The monoisotopic (exact) mass is 252 g/mol. The maximum Gasteiger partial charge on any atom is 0.213 e. The Kier molecular flexibility index (Phi) is 3.93. The molecule has 0 N–H and O–H groups in total. The van der Waals surface area contributed by atoms with Crippen LogP contribution in [0.3, 0.4) is 0 Å². The summed E-state index contributed by atoms with van der Waals surface area (Å²) in [5.74, 6) is 1.15. The number of alkyl halides is 1. The molecule has 0 atom stereocenters. The summed E-state index contributed by atoms with van der Waals surface area (Å²) in [7, 11) is 1.60. The van der Waals surface area contributed by atoms with Crippen molar-refractivity contribution >= 4 is 11.6 Å². The minimum absolute atomic E-state index is 0.552. The number of rotatable bonds is 5. The topological polar surface area (TPSA) is 52.8 Å². The molecule has 0 bridgehead atoms. The van der Waals surface area contributed by atoms with Crippen molar-refractivity contribution in [3.05, 3.63) is 35.8 Å². The van der Waals surface area contributed by atoms with Gasteiger partial charge in [-0.3, -0.25) is 0 Å². The highest BCUT2D eigenvalue weighted by atomic mass is 35.5. The molecule has 0 unspecified atom stereocenters. The number of pyridine rings is 1. The van der Waals surface area contributed by atoms with E-state index in [4.69, 9.17) is 16.3 Å². The molecule has 0 saturated heterocycles. The summed E-state index contributed by atoms with van der Waals surface area (Å²) in [6, 6.07) is 5.63. The summed E-state index contributed by atoms with van der Waals surface area (Å²) >= 11 is 5.64. The average Bonchev–Trinajstić information content (AvgIpc) is 2.77. The molecule has 0 aliphatic heterocycles. The molecule has 0 amide bonds. The van der Waals surface area contributed by atoms with Crippen LogP contribution in [-0.4, -0.2) is 33.0 Å². The number of aryl methyl sites for hydroxylation is 1. The van der Waals surface area contributed by atoms with Crippen molar-refractivity contribution in [3.8, 4) is 5.88 Å². The lowest BCUT2D eigenvalue weighted by molar-refractivity contribution is 0.395. The van der Waals surface area contributed by atoms with Crippen LogP contribution in [0.1, 0.15) is 11.4 Å². The van der Waals surface area contributed by atoms with E-state index >= 15 is 0 Å². The van der Waals surface area contributed by atoms with Crippen molar-refractivity contribution in [1.29, 1.82) is 0 Å². The van der Waals surface area contributed by atoms with Gasteiger partial charge in [0.2, 0.25) is 5.88 Å². The summed E-state index contributed by atoms with van der Waals surface area (Å²) in [6.07, 6.45) is 2.61. The number of nitrogens with zero attached hydrogens (tertiary/aromatic N) is 4. The van der Waals surface area contributed by atoms with Gasteiger partial charge < -0.3 is 4.74 Å². The van der Waals surface area contributed by atoms with Crippen LogP contribution < -0.4 is 4.74 Å². The smallest absolute Gasteiger partial charge is 0.213 e. The number of hydrogen-bond donors (Lipinski definition) is 0. The zero-order valence-corrected chi connectivity index (χ0v) is 10.3. The highest BCUT2D eigenvalue weighted by Crippen LogP contribution is 2.08. The first-order valence-electron chi connectivity index (χ1n) is 5.26. The lowest BCUT2D eigenvalue weighted by atomic mass is 10.3. The Morgan fingerprint density at radius 2 is 2.24 bits per heavy atom. The minimum atomic E-state index is 0.552. The molecule has 0 fully saturated rings. The van der Waals surface area contributed by atoms with Crippen molar-refractivity contribution in [2.24, 2.45) is 0 Å². The van der Waals surface area contributed by atoms with Crippen molar-refractivity contribution in [3.63, 3.8) is 0 Å². The average molecular weight is 253 g/mol. The van der Waals surface area contributed by atoms with E-state index in [-0.39, 0.29) is 0 Å². The third-order valence-electron chi connectivity index (χ3n) is 2.25. The molecule has 0 aromatic carbocycles. The van der Waals surface area contributed by atoms with Crippen LogP contribution >= 0.6 is 11.6 Å². The van der Waals surface area contributed by atoms with Crippen LogP contribution in [0.4, 0.5) is 0 Å². The fraction of sp³-hybridized carbons (Fsp3) is 0.364. The Balaban J connectivity index is 2.08. The van der Waals surface area contributed by atoms with E-state index in [1.54, 1.807) is 11.8 Å². The van der Waals surface area contributed by atoms with Crippen LogP contribution in [0.2, 0.25) is 0 Å². The zero-order valence-electron chi connectivity index (χ0n) is 9.51. The Hall–Kier alpha value is -1.62. The first-order valence-corrected chi connectivity index (χ1v) is 5.80. The molecule has 0 spiro atoms. The van der Waals surface area contributed by atoms with E-state index in [9.17, 15) is 0 Å². The van der Waals surface area contributed by atoms with Crippen LogP contribution in [0.15, 0.2) is 24.4 Å². The molecule has 90 valence electrons. The first-order chi connectivity index (χ1) is 8.31. The van der Waals surface area contributed by atoms with Gasteiger partial charge in [0.05, 0.1) is 25.0 Å². The fourth-order valence-corrected chi connectivity index (χ4v) is 1.65. The number of aromatic nitrogens is 4. The summed E-state index contributed by atoms with van der Waals surface area (Å²) < 4.78 is 6.80. The molecule has 6 heteroatoms. The van der Waals surface area contributed by atoms with Gasteiger partial charge >= 0.3 is 0 Å². The number of ether oxygens (including phenoxy) is 1. The molecular formula is C11H13ClN4O. The second-order valence-electron chi connectivity index (χ2n) is 3.52. The Labute approximate surface area is 104 Å². The van der Waals surface area contributed by atoms with E-state index in [1.807, 2.05) is 24.4 Å². The summed E-state index contributed by atoms with van der Waals surface area (Å²) in [6.45, 7) is 0.576. The van der Waals surface area contributed by atoms with E-state index in [0.29, 0.717) is 18.3 Å². The quantitative estimate of drug-likeness (QED) is 0.757. The normalized spacial score (nSPS) is 10.5. The molecule has 2 heterocycles. The van der Waals surface area contributed by atoms with E-state index in [2.05, 4.69) is 15.3 Å². The van der Waals surface area contributed by atoms with Gasteiger partial charge in [-0.2, -0.15) is 0 Å². The molecule has 2 aromatic heterocycles. The summed E-state index contributed by atoms with van der Waals surface area (Å²) in [5, 5.41) is 8.03. The number of methoxy groups -OCH3 is 1. The van der Waals surface area contributed by atoms with Gasteiger partial charge in [-0.1, -0.05) is 11.3 Å². The number of hydrogen-bond acceptors (Lipinski definition) is 4. The lowest BCUT2D eigenvalue weighted by Gasteiger charge is -2.02.